The van der Waals surface area contributed by atoms with E-state index in [1.54, 1.807) is 20.8 Å². The molecule has 3 aromatic carbocycles. The molecule has 0 radical (unpaired) electrons. The number of carbonyl (C=O) groups is 6. The van der Waals surface area contributed by atoms with Crippen molar-refractivity contribution in [2.45, 2.75) is 116 Å². The predicted octanol–water partition coefficient (Wildman–Crippen LogP) is 8.24. The lowest BCUT2D eigenvalue weighted by Gasteiger charge is -2.36. The summed E-state index contributed by atoms with van der Waals surface area (Å²) in [5, 5.41) is 15.5. The van der Waals surface area contributed by atoms with Crippen LogP contribution in [-0.4, -0.2) is 58.6 Å². The van der Waals surface area contributed by atoms with Crippen molar-refractivity contribution in [2.24, 2.45) is 17.8 Å². The second kappa shape index (κ2) is 21.8. The number of amides is 2. The molecule has 0 aromatic heterocycles. The van der Waals surface area contributed by atoms with E-state index < -0.39 is 52.6 Å². The molecule has 0 saturated heterocycles. The fourth-order valence-corrected chi connectivity index (χ4v) is 7.19. The van der Waals surface area contributed by atoms with E-state index in [1.165, 1.54) is 6.92 Å². The number of ketones is 3. The average molecular weight is 769 g/mol. The fraction of sp³-hybridized carbons (Fsp3) is 0.478. The quantitative estimate of drug-likeness (QED) is 0.0644. The van der Waals surface area contributed by atoms with Gasteiger partial charge >= 0.3 is 12.1 Å². The molecular weight excluding hydrogens is 709 g/mol. The SMILES string of the molecule is CC(=O)C[C@@H](CCCCNC(=O)OC(C)(C)C)C(=O)N[C@@H](CCC(=O)CC(c1ccccc1)(c1ccccc1)c1ccccc1)C(=O)C[C@@H](CC(C)C)C(=O)O. The minimum Gasteiger partial charge on any atom is -0.481 e. The molecule has 3 atom stereocenters. The topological polar surface area (TPSA) is 156 Å². The standard InChI is InChI=1S/C46H60N2O8/c1-32(2)28-35(43(53)54)30-41(51)40(48-42(52)34(29-33(3)49)18-16-17-27-47-44(55)56-45(4,5)6)26-25-39(50)31-46(36-19-10-7-11-20-36,37-21-12-8-13-22-37)38-23-14-9-15-24-38/h7-15,19-24,32,34-35,40H,16-18,25-31H2,1-6H3,(H,47,55)(H,48,52)(H,53,54)/t34-,35-,40+/m1/s1. The Labute approximate surface area is 332 Å². The first-order valence-electron chi connectivity index (χ1n) is 19.7. The van der Waals surface area contributed by atoms with E-state index in [4.69, 9.17) is 4.74 Å². The van der Waals surface area contributed by atoms with Gasteiger partial charge in [0.25, 0.3) is 0 Å². The minimum atomic E-state index is -1.14. The number of benzene rings is 3. The highest BCUT2D eigenvalue weighted by Crippen LogP contribution is 2.42. The van der Waals surface area contributed by atoms with Crippen LogP contribution in [-0.2, 0) is 34.1 Å². The monoisotopic (exact) mass is 768 g/mol. The number of rotatable bonds is 23. The summed E-state index contributed by atoms with van der Waals surface area (Å²) in [6, 6.07) is 28.3. The molecule has 0 aliphatic carbocycles. The van der Waals surface area contributed by atoms with Crippen LogP contribution in [0.4, 0.5) is 4.79 Å². The number of aliphatic carboxylic acids is 1. The van der Waals surface area contributed by atoms with Gasteiger partial charge in [-0.1, -0.05) is 111 Å². The molecule has 3 rings (SSSR count). The molecule has 0 aliphatic heterocycles. The molecule has 0 saturated carbocycles. The second-order valence-corrected chi connectivity index (χ2v) is 16.2. The van der Waals surface area contributed by atoms with E-state index in [2.05, 4.69) is 10.6 Å². The third-order valence-electron chi connectivity index (χ3n) is 9.78. The summed E-state index contributed by atoms with van der Waals surface area (Å²) in [5.74, 6) is -4.10. The molecule has 10 nitrogen and oxygen atoms in total. The lowest BCUT2D eigenvalue weighted by molar-refractivity contribution is -0.144. The molecule has 10 heteroatoms. The zero-order valence-corrected chi connectivity index (χ0v) is 33.8. The van der Waals surface area contributed by atoms with E-state index in [0.717, 1.165) is 16.7 Å². The summed E-state index contributed by atoms with van der Waals surface area (Å²) in [5.41, 5.74) is 1.30. The maximum Gasteiger partial charge on any atom is 0.407 e. The number of Topliss-reactive ketones (excluding diaryl/α,β-unsaturated/α-hetero) is 3. The summed E-state index contributed by atoms with van der Waals surface area (Å²) in [7, 11) is 0. The summed E-state index contributed by atoms with van der Waals surface area (Å²) >= 11 is 0. The van der Waals surface area contributed by atoms with Crippen molar-refractivity contribution < 1.29 is 38.6 Å². The van der Waals surface area contributed by atoms with Crippen LogP contribution >= 0.6 is 0 Å². The van der Waals surface area contributed by atoms with E-state index in [0.29, 0.717) is 25.8 Å². The third-order valence-corrected chi connectivity index (χ3v) is 9.78. The number of ether oxygens (including phenoxy) is 1. The Morgan fingerprint density at radius 1 is 0.714 bits per heavy atom. The van der Waals surface area contributed by atoms with E-state index >= 15 is 0 Å². The molecule has 302 valence electrons. The van der Waals surface area contributed by atoms with Gasteiger partial charge in [-0.05, 0) is 76.0 Å². The molecule has 0 aliphatic rings. The molecule has 0 bridgehead atoms. The first-order chi connectivity index (χ1) is 26.5. The van der Waals surface area contributed by atoms with Crippen LogP contribution in [0.1, 0.15) is 116 Å². The smallest absolute Gasteiger partial charge is 0.407 e. The van der Waals surface area contributed by atoms with Crippen molar-refractivity contribution in [3.05, 3.63) is 108 Å². The van der Waals surface area contributed by atoms with Crippen molar-refractivity contribution in [3.63, 3.8) is 0 Å². The normalized spacial score (nSPS) is 13.3. The zero-order chi connectivity index (χ0) is 41.3. The zero-order valence-electron chi connectivity index (χ0n) is 33.8. The number of alkyl carbamates (subject to hydrolysis) is 1. The van der Waals surface area contributed by atoms with Gasteiger partial charge in [-0.2, -0.15) is 0 Å². The second-order valence-electron chi connectivity index (χ2n) is 16.2. The van der Waals surface area contributed by atoms with Crippen LogP contribution in [0.25, 0.3) is 0 Å². The van der Waals surface area contributed by atoms with Gasteiger partial charge in [-0.25, -0.2) is 4.79 Å². The van der Waals surface area contributed by atoms with Gasteiger partial charge in [0.05, 0.1) is 17.4 Å². The molecule has 0 heterocycles. The number of unbranched alkanes of at least 4 members (excludes halogenated alkanes) is 1. The van der Waals surface area contributed by atoms with Gasteiger partial charge in [0, 0.05) is 38.1 Å². The van der Waals surface area contributed by atoms with Crippen LogP contribution < -0.4 is 10.6 Å². The number of carboxylic acid groups (broad SMARTS) is 1. The van der Waals surface area contributed by atoms with Crippen molar-refractivity contribution in [1.82, 2.24) is 10.6 Å². The highest BCUT2D eigenvalue weighted by Gasteiger charge is 2.39. The van der Waals surface area contributed by atoms with Crippen molar-refractivity contribution in [2.75, 3.05) is 6.54 Å². The Kier molecular flexibility index (Phi) is 17.7. The molecule has 3 aromatic rings. The summed E-state index contributed by atoms with van der Waals surface area (Å²) in [6.45, 7) is 10.8. The molecule has 2 amide bonds. The first-order valence-corrected chi connectivity index (χ1v) is 19.7. The van der Waals surface area contributed by atoms with Crippen molar-refractivity contribution >= 4 is 35.3 Å². The van der Waals surface area contributed by atoms with Gasteiger partial charge in [0.1, 0.15) is 17.2 Å². The lowest BCUT2D eigenvalue weighted by atomic mass is 9.66. The highest BCUT2D eigenvalue weighted by molar-refractivity contribution is 5.93. The number of hydrogen-bond acceptors (Lipinski definition) is 7. The van der Waals surface area contributed by atoms with Gasteiger partial charge in [0.15, 0.2) is 5.78 Å². The molecule has 0 spiro atoms. The van der Waals surface area contributed by atoms with Gasteiger partial charge in [-0.15, -0.1) is 0 Å². The van der Waals surface area contributed by atoms with Crippen LogP contribution in [0.5, 0.6) is 0 Å². The van der Waals surface area contributed by atoms with Crippen LogP contribution in [0.3, 0.4) is 0 Å². The summed E-state index contributed by atoms with van der Waals surface area (Å²) in [4.78, 5) is 78.6. The summed E-state index contributed by atoms with van der Waals surface area (Å²) in [6.07, 6.45) is 0.727. The minimum absolute atomic E-state index is 0.0188. The predicted molar refractivity (Wildman–Crippen MR) is 217 cm³/mol. The average Bonchev–Trinajstić information content (AvgIpc) is 3.14. The summed E-state index contributed by atoms with van der Waals surface area (Å²) < 4.78 is 5.27. The third kappa shape index (κ3) is 14.5. The number of nitrogens with one attached hydrogen (secondary N) is 2. The largest absolute Gasteiger partial charge is 0.481 e. The van der Waals surface area contributed by atoms with E-state index in [-0.39, 0.29) is 56.0 Å². The maximum absolute atomic E-state index is 14.3. The van der Waals surface area contributed by atoms with Gasteiger partial charge < -0.3 is 25.3 Å². The van der Waals surface area contributed by atoms with Crippen molar-refractivity contribution in [1.29, 1.82) is 0 Å². The Hall–Kier alpha value is -5.12. The Morgan fingerprint density at radius 3 is 1.68 bits per heavy atom. The fourth-order valence-electron chi connectivity index (χ4n) is 7.19. The molecule has 0 unspecified atom stereocenters. The van der Waals surface area contributed by atoms with Crippen LogP contribution in [0.2, 0.25) is 0 Å². The van der Waals surface area contributed by atoms with Crippen LogP contribution in [0, 0.1) is 17.8 Å². The molecule has 3 N–H and O–H groups in total. The number of carboxylic acids is 1. The van der Waals surface area contributed by atoms with Crippen molar-refractivity contribution in [3.8, 4) is 0 Å². The van der Waals surface area contributed by atoms with E-state index in [1.807, 2.05) is 105 Å². The number of hydrogen-bond donors (Lipinski definition) is 3. The number of carbonyl (C=O) groups excluding carboxylic acids is 5. The Balaban J connectivity index is 1.87. The Morgan fingerprint density at radius 2 is 1.23 bits per heavy atom. The van der Waals surface area contributed by atoms with Crippen LogP contribution in [0.15, 0.2) is 91.0 Å². The highest BCUT2D eigenvalue weighted by atomic mass is 16.6. The molecular formula is C46H60N2O8. The van der Waals surface area contributed by atoms with E-state index in [9.17, 15) is 33.9 Å². The van der Waals surface area contributed by atoms with Gasteiger partial charge in [-0.3, -0.25) is 19.2 Å². The first kappa shape index (κ1) is 45.3. The lowest BCUT2D eigenvalue weighted by Crippen LogP contribution is -2.45. The molecule has 56 heavy (non-hydrogen) atoms. The maximum atomic E-state index is 14.3. The van der Waals surface area contributed by atoms with Gasteiger partial charge in [0.2, 0.25) is 5.91 Å². The Bertz CT molecular complexity index is 1640. The molecule has 0 fully saturated rings.